The zero-order valence-electron chi connectivity index (χ0n) is 11.2. The monoisotopic (exact) mass is 321 g/mol. The summed E-state index contributed by atoms with van der Waals surface area (Å²) in [5.41, 5.74) is 0.895. The van der Waals surface area contributed by atoms with E-state index in [1.165, 1.54) is 0 Å². The predicted molar refractivity (Wildman–Crippen MR) is 79.9 cm³/mol. The van der Waals surface area contributed by atoms with E-state index in [2.05, 4.69) is 5.32 Å². The SMILES string of the molecule is O=C(Nc1ccc(F)cc1F)C1=Cc2cc(Cl)ccc2OC1. The van der Waals surface area contributed by atoms with Gasteiger partial charge in [0.25, 0.3) is 5.91 Å². The number of amides is 1. The van der Waals surface area contributed by atoms with Crippen LogP contribution in [0, 0.1) is 11.6 Å². The van der Waals surface area contributed by atoms with Crippen LogP contribution in [0.15, 0.2) is 42.0 Å². The van der Waals surface area contributed by atoms with Gasteiger partial charge in [-0.05, 0) is 36.4 Å². The number of carbonyl (C=O) groups excluding carboxylic acids is 1. The molecule has 0 saturated carbocycles. The Morgan fingerprint density at radius 3 is 2.77 bits per heavy atom. The average Bonchev–Trinajstić information content (AvgIpc) is 2.49. The lowest BCUT2D eigenvalue weighted by atomic mass is 10.1. The van der Waals surface area contributed by atoms with E-state index in [0.717, 1.165) is 12.1 Å². The van der Waals surface area contributed by atoms with Crippen molar-refractivity contribution < 1.29 is 18.3 Å². The molecule has 1 aliphatic heterocycles. The second kappa shape index (κ2) is 5.77. The van der Waals surface area contributed by atoms with E-state index in [1.54, 1.807) is 24.3 Å². The maximum atomic E-state index is 13.5. The van der Waals surface area contributed by atoms with Crippen LogP contribution in [0.25, 0.3) is 6.08 Å². The number of fused-ring (bicyclic) bond motifs is 1. The molecule has 0 unspecified atom stereocenters. The van der Waals surface area contributed by atoms with Gasteiger partial charge in [-0.25, -0.2) is 8.78 Å². The van der Waals surface area contributed by atoms with Gasteiger partial charge in [0.15, 0.2) is 0 Å². The van der Waals surface area contributed by atoms with E-state index in [4.69, 9.17) is 16.3 Å². The molecule has 2 aromatic rings. The van der Waals surface area contributed by atoms with Crippen molar-refractivity contribution >= 4 is 29.3 Å². The molecule has 2 aromatic carbocycles. The molecule has 1 amide bonds. The maximum absolute atomic E-state index is 13.5. The molecule has 1 N–H and O–H groups in total. The molecule has 3 nitrogen and oxygen atoms in total. The number of hydrogen-bond acceptors (Lipinski definition) is 2. The highest BCUT2D eigenvalue weighted by Crippen LogP contribution is 2.29. The molecule has 0 fully saturated rings. The zero-order valence-corrected chi connectivity index (χ0v) is 12.0. The lowest BCUT2D eigenvalue weighted by Crippen LogP contribution is -2.21. The summed E-state index contributed by atoms with van der Waals surface area (Å²) in [7, 11) is 0. The smallest absolute Gasteiger partial charge is 0.255 e. The van der Waals surface area contributed by atoms with Crippen LogP contribution < -0.4 is 10.1 Å². The number of rotatable bonds is 2. The van der Waals surface area contributed by atoms with Crippen LogP contribution in [0.2, 0.25) is 5.02 Å². The number of anilines is 1. The molecule has 0 atom stereocenters. The summed E-state index contributed by atoms with van der Waals surface area (Å²) < 4.78 is 31.9. The van der Waals surface area contributed by atoms with Crippen molar-refractivity contribution in [3.8, 4) is 5.75 Å². The Kier molecular flexibility index (Phi) is 3.81. The lowest BCUT2D eigenvalue weighted by Gasteiger charge is -2.18. The summed E-state index contributed by atoms with van der Waals surface area (Å²) in [6.45, 7) is 0.0588. The van der Waals surface area contributed by atoms with Crippen LogP contribution in [0.4, 0.5) is 14.5 Å². The van der Waals surface area contributed by atoms with E-state index in [9.17, 15) is 13.6 Å². The number of ether oxygens (including phenoxy) is 1. The van der Waals surface area contributed by atoms with Gasteiger partial charge in [-0.15, -0.1) is 0 Å². The summed E-state index contributed by atoms with van der Waals surface area (Å²) in [5.74, 6) is -1.45. The van der Waals surface area contributed by atoms with Crippen LogP contribution >= 0.6 is 11.6 Å². The van der Waals surface area contributed by atoms with E-state index >= 15 is 0 Å². The van der Waals surface area contributed by atoms with Crippen LogP contribution in [0.5, 0.6) is 5.75 Å². The topological polar surface area (TPSA) is 38.3 Å². The second-order valence-electron chi connectivity index (χ2n) is 4.72. The van der Waals surface area contributed by atoms with E-state index in [0.29, 0.717) is 28.0 Å². The predicted octanol–water partition coefficient (Wildman–Crippen LogP) is 4.03. The summed E-state index contributed by atoms with van der Waals surface area (Å²) in [4.78, 5) is 12.1. The molecule has 22 heavy (non-hydrogen) atoms. The van der Waals surface area contributed by atoms with Gasteiger partial charge in [-0.2, -0.15) is 0 Å². The third-order valence-electron chi connectivity index (χ3n) is 3.16. The highest BCUT2D eigenvalue weighted by molar-refractivity contribution is 6.30. The highest BCUT2D eigenvalue weighted by Gasteiger charge is 2.18. The molecular formula is C16H10ClF2NO2. The van der Waals surface area contributed by atoms with Gasteiger partial charge >= 0.3 is 0 Å². The first kappa shape index (κ1) is 14.5. The molecule has 3 rings (SSSR count). The molecule has 112 valence electrons. The molecule has 1 heterocycles. The maximum Gasteiger partial charge on any atom is 0.255 e. The minimum Gasteiger partial charge on any atom is -0.488 e. The van der Waals surface area contributed by atoms with Crippen molar-refractivity contribution in [2.45, 2.75) is 0 Å². The summed E-state index contributed by atoms with van der Waals surface area (Å²) >= 11 is 5.90. The average molecular weight is 322 g/mol. The van der Waals surface area contributed by atoms with E-state index < -0.39 is 17.5 Å². The molecule has 0 bridgehead atoms. The first-order chi connectivity index (χ1) is 10.5. The fraction of sp³-hybridized carbons (Fsp3) is 0.0625. The van der Waals surface area contributed by atoms with Crippen molar-refractivity contribution in [3.63, 3.8) is 0 Å². The third kappa shape index (κ3) is 2.94. The van der Waals surface area contributed by atoms with Crippen molar-refractivity contribution in [3.05, 3.63) is 64.2 Å². The minimum absolute atomic E-state index is 0.0588. The normalized spacial score (nSPS) is 13.0. The zero-order chi connectivity index (χ0) is 15.7. The van der Waals surface area contributed by atoms with Gasteiger partial charge in [0, 0.05) is 16.7 Å². The fourth-order valence-corrected chi connectivity index (χ4v) is 2.25. The molecule has 0 aliphatic carbocycles. The summed E-state index contributed by atoms with van der Waals surface area (Å²) in [6.07, 6.45) is 1.63. The van der Waals surface area contributed by atoms with Crippen LogP contribution in [0.1, 0.15) is 5.56 Å². The molecule has 0 radical (unpaired) electrons. The quantitative estimate of drug-likeness (QED) is 0.907. The summed E-state index contributed by atoms with van der Waals surface area (Å²) in [6, 6.07) is 8.01. The fourth-order valence-electron chi connectivity index (χ4n) is 2.07. The van der Waals surface area contributed by atoms with Gasteiger partial charge in [0.05, 0.1) is 11.3 Å². The molecule has 0 aromatic heterocycles. The van der Waals surface area contributed by atoms with Crippen molar-refractivity contribution in [2.24, 2.45) is 0 Å². The van der Waals surface area contributed by atoms with E-state index in [1.807, 2.05) is 0 Å². The Morgan fingerprint density at radius 1 is 1.18 bits per heavy atom. The van der Waals surface area contributed by atoms with Gasteiger partial charge in [-0.1, -0.05) is 11.6 Å². The Bertz CT molecular complexity index is 790. The molecule has 0 saturated heterocycles. The Hall–Kier alpha value is -2.40. The van der Waals surface area contributed by atoms with Gasteiger partial charge < -0.3 is 10.1 Å². The molecule has 1 aliphatic rings. The number of carbonyl (C=O) groups is 1. The molecule has 6 heteroatoms. The number of benzene rings is 2. The number of hydrogen-bond donors (Lipinski definition) is 1. The Morgan fingerprint density at radius 2 is 2.00 bits per heavy atom. The van der Waals surface area contributed by atoms with Gasteiger partial charge in [-0.3, -0.25) is 4.79 Å². The minimum atomic E-state index is -0.839. The largest absolute Gasteiger partial charge is 0.488 e. The van der Waals surface area contributed by atoms with Crippen molar-refractivity contribution in [1.29, 1.82) is 0 Å². The van der Waals surface area contributed by atoms with Gasteiger partial charge in [0.2, 0.25) is 0 Å². The third-order valence-corrected chi connectivity index (χ3v) is 3.39. The molecular weight excluding hydrogens is 312 g/mol. The number of halogens is 3. The van der Waals surface area contributed by atoms with Gasteiger partial charge in [0.1, 0.15) is 24.0 Å². The first-order valence-electron chi connectivity index (χ1n) is 6.42. The van der Waals surface area contributed by atoms with Crippen LogP contribution in [-0.2, 0) is 4.79 Å². The van der Waals surface area contributed by atoms with E-state index in [-0.39, 0.29) is 12.3 Å². The van der Waals surface area contributed by atoms with Crippen LogP contribution in [-0.4, -0.2) is 12.5 Å². The van der Waals surface area contributed by atoms with Crippen molar-refractivity contribution in [1.82, 2.24) is 0 Å². The lowest BCUT2D eigenvalue weighted by molar-refractivity contribution is -0.113. The Balaban J connectivity index is 1.84. The summed E-state index contributed by atoms with van der Waals surface area (Å²) in [5, 5.41) is 2.91. The molecule has 0 spiro atoms. The second-order valence-corrected chi connectivity index (χ2v) is 5.16. The first-order valence-corrected chi connectivity index (χ1v) is 6.80. The standard InChI is InChI=1S/C16H10ClF2NO2/c17-11-1-4-15-9(6-11)5-10(8-22-15)16(21)20-14-3-2-12(18)7-13(14)19/h1-7H,8H2,(H,20,21). The Labute approximate surface area is 130 Å². The number of nitrogens with one attached hydrogen (secondary N) is 1. The highest BCUT2D eigenvalue weighted by atomic mass is 35.5. The van der Waals surface area contributed by atoms with Crippen LogP contribution in [0.3, 0.4) is 0 Å². The van der Waals surface area contributed by atoms with Crippen molar-refractivity contribution in [2.75, 3.05) is 11.9 Å².